The van der Waals surface area contributed by atoms with E-state index in [-0.39, 0.29) is 18.4 Å². The quantitative estimate of drug-likeness (QED) is 0.457. The highest BCUT2D eigenvalue weighted by Crippen LogP contribution is 2.20. The zero-order valence-electron chi connectivity index (χ0n) is 17.1. The second-order valence-electron chi connectivity index (χ2n) is 7.26. The van der Waals surface area contributed by atoms with Crippen LogP contribution < -0.4 is 5.32 Å². The zero-order valence-corrected chi connectivity index (χ0v) is 17.1. The third-order valence-electron chi connectivity index (χ3n) is 5.20. The Balaban J connectivity index is 1.42. The number of rotatable bonds is 7. The van der Waals surface area contributed by atoms with Crippen LogP contribution in [0.4, 0.5) is 0 Å². The van der Waals surface area contributed by atoms with Crippen molar-refractivity contribution in [3.05, 3.63) is 90.4 Å². The van der Waals surface area contributed by atoms with Crippen LogP contribution in [0.3, 0.4) is 0 Å². The topological polar surface area (TPSA) is 81.4 Å². The van der Waals surface area contributed by atoms with Crippen molar-refractivity contribution in [1.82, 2.24) is 10.3 Å². The molecule has 0 fully saturated rings. The maximum Gasteiger partial charge on any atom is 0.310 e. The molecule has 0 saturated carbocycles. The predicted octanol–water partition coefficient (Wildman–Crippen LogP) is 4.26. The molecule has 156 valence electrons. The van der Waals surface area contributed by atoms with E-state index in [1.54, 1.807) is 30.5 Å². The third-order valence-corrected chi connectivity index (χ3v) is 5.20. The van der Waals surface area contributed by atoms with Crippen molar-refractivity contribution < 1.29 is 18.7 Å². The molecule has 1 atom stereocenters. The van der Waals surface area contributed by atoms with Crippen molar-refractivity contribution in [3.8, 4) is 11.3 Å². The van der Waals surface area contributed by atoms with Gasteiger partial charge in [-0.2, -0.15) is 0 Å². The highest BCUT2D eigenvalue weighted by Gasteiger charge is 2.21. The van der Waals surface area contributed by atoms with Gasteiger partial charge < -0.3 is 14.5 Å². The van der Waals surface area contributed by atoms with Crippen LogP contribution in [0.5, 0.6) is 0 Å². The van der Waals surface area contributed by atoms with Gasteiger partial charge in [-0.05, 0) is 34.9 Å². The third kappa shape index (κ3) is 4.80. The zero-order chi connectivity index (χ0) is 21.6. The van der Waals surface area contributed by atoms with Crippen molar-refractivity contribution in [2.45, 2.75) is 6.42 Å². The predicted molar refractivity (Wildman–Crippen MR) is 117 cm³/mol. The highest BCUT2D eigenvalue weighted by atomic mass is 16.5. The lowest BCUT2D eigenvalue weighted by Crippen LogP contribution is -2.34. The number of fused-ring (bicyclic) bond motifs is 1. The lowest BCUT2D eigenvalue weighted by atomic mass is 9.97. The molecule has 1 N–H and O–H groups in total. The summed E-state index contributed by atoms with van der Waals surface area (Å²) in [5.74, 6) is -0.456. The molecule has 4 rings (SSSR count). The fourth-order valence-electron chi connectivity index (χ4n) is 3.52. The number of aromatic nitrogens is 1. The van der Waals surface area contributed by atoms with Gasteiger partial charge in [0.2, 0.25) is 0 Å². The molecule has 4 aromatic rings. The van der Waals surface area contributed by atoms with Crippen LogP contribution in [-0.2, 0) is 16.0 Å². The molecule has 0 radical (unpaired) electrons. The Kier molecular flexibility index (Phi) is 6.08. The number of methoxy groups -OCH3 is 1. The van der Waals surface area contributed by atoms with Crippen LogP contribution in [0.1, 0.15) is 15.9 Å². The minimum absolute atomic E-state index is 0.183. The molecule has 0 saturated heterocycles. The summed E-state index contributed by atoms with van der Waals surface area (Å²) < 4.78 is 10.2. The Morgan fingerprint density at radius 3 is 2.52 bits per heavy atom. The van der Waals surface area contributed by atoms with E-state index < -0.39 is 5.92 Å². The highest BCUT2D eigenvalue weighted by molar-refractivity contribution is 5.94. The van der Waals surface area contributed by atoms with Crippen LogP contribution in [-0.4, -0.2) is 30.5 Å². The maximum atomic E-state index is 12.6. The van der Waals surface area contributed by atoms with E-state index in [9.17, 15) is 9.59 Å². The largest absolute Gasteiger partial charge is 0.469 e. The first-order valence-corrected chi connectivity index (χ1v) is 9.96. The van der Waals surface area contributed by atoms with Crippen LogP contribution in [0.15, 0.2) is 83.7 Å². The van der Waals surface area contributed by atoms with Gasteiger partial charge in [0.1, 0.15) is 0 Å². The van der Waals surface area contributed by atoms with Gasteiger partial charge in [-0.25, -0.2) is 4.98 Å². The number of carbonyl (C=O) groups excluding carboxylic acids is 2. The Labute approximate surface area is 179 Å². The monoisotopic (exact) mass is 414 g/mol. The smallest absolute Gasteiger partial charge is 0.310 e. The molecule has 0 aliphatic rings. The lowest BCUT2D eigenvalue weighted by Gasteiger charge is -2.16. The number of nitrogens with zero attached hydrogens (tertiary/aromatic N) is 1. The van der Waals surface area contributed by atoms with Crippen molar-refractivity contribution >= 4 is 22.6 Å². The van der Waals surface area contributed by atoms with Crippen molar-refractivity contribution in [1.29, 1.82) is 0 Å². The summed E-state index contributed by atoms with van der Waals surface area (Å²) in [7, 11) is 1.36. The van der Waals surface area contributed by atoms with E-state index in [4.69, 9.17) is 9.15 Å². The maximum absolute atomic E-state index is 12.6. The number of oxazole rings is 1. The van der Waals surface area contributed by atoms with Gasteiger partial charge in [0.15, 0.2) is 12.2 Å². The minimum atomic E-state index is -0.483. The fraction of sp³-hybridized carbons (Fsp3) is 0.160. The molecule has 1 heterocycles. The van der Waals surface area contributed by atoms with E-state index in [2.05, 4.69) is 16.4 Å². The summed E-state index contributed by atoms with van der Waals surface area (Å²) in [5, 5.41) is 5.10. The minimum Gasteiger partial charge on any atom is -0.469 e. The van der Waals surface area contributed by atoms with Crippen molar-refractivity contribution in [2.75, 3.05) is 13.7 Å². The lowest BCUT2D eigenvalue weighted by molar-refractivity contribution is -0.145. The molecule has 3 aromatic carbocycles. The number of carbonyl (C=O) groups is 2. The normalized spacial score (nSPS) is 11.8. The number of esters is 1. The number of hydrogen-bond acceptors (Lipinski definition) is 5. The van der Waals surface area contributed by atoms with Gasteiger partial charge in [0, 0.05) is 17.7 Å². The van der Waals surface area contributed by atoms with Gasteiger partial charge in [-0.1, -0.05) is 54.6 Å². The van der Waals surface area contributed by atoms with Gasteiger partial charge >= 0.3 is 5.97 Å². The molecule has 1 amide bonds. The number of nitrogens with one attached hydrogen (secondary N) is 1. The molecule has 6 nitrogen and oxygen atoms in total. The molecule has 0 spiro atoms. The summed E-state index contributed by atoms with van der Waals surface area (Å²) in [6.07, 6.45) is 3.45. The SMILES string of the molecule is COC(=O)C(CNC(=O)c1ccc(-c2cnco2)cc1)Cc1ccc2ccccc2c1. The van der Waals surface area contributed by atoms with Crippen molar-refractivity contribution in [3.63, 3.8) is 0 Å². The molecular formula is C25H22N2O4. The fourth-order valence-corrected chi connectivity index (χ4v) is 3.52. The van der Waals surface area contributed by atoms with E-state index in [0.29, 0.717) is 17.7 Å². The number of benzene rings is 3. The van der Waals surface area contributed by atoms with Gasteiger partial charge in [0.05, 0.1) is 19.2 Å². The molecule has 1 aromatic heterocycles. The van der Waals surface area contributed by atoms with Gasteiger partial charge in [0.25, 0.3) is 5.91 Å². The average Bonchev–Trinajstić information content (AvgIpc) is 3.36. The van der Waals surface area contributed by atoms with Gasteiger partial charge in [-0.15, -0.1) is 0 Å². The Bertz CT molecular complexity index is 1180. The van der Waals surface area contributed by atoms with E-state index in [1.807, 2.05) is 36.4 Å². The first-order chi connectivity index (χ1) is 15.1. The molecule has 6 heteroatoms. The van der Waals surface area contributed by atoms with E-state index >= 15 is 0 Å². The molecule has 1 unspecified atom stereocenters. The second-order valence-corrected chi connectivity index (χ2v) is 7.26. The standard InChI is InChI=1S/C25H22N2O4/c1-30-25(29)22(13-17-6-7-18-4-2-3-5-21(18)12-17)14-27-24(28)20-10-8-19(9-11-20)23-15-26-16-31-23/h2-12,15-16,22H,13-14H2,1H3,(H,27,28). The summed E-state index contributed by atoms with van der Waals surface area (Å²) in [6.45, 7) is 0.183. The Hall–Kier alpha value is -3.93. The van der Waals surface area contributed by atoms with Crippen LogP contribution in [0.25, 0.3) is 22.1 Å². The second kappa shape index (κ2) is 9.26. The van der Waals surface area contributed by atoms with Crippen LogP contribution >= 0.6 is 0 Å². The summed E-state index contributed by atoms with van der Waals surface area (Å²) >= 11 is 0. The average molecular weight is 414 g/mol. The summed E-state index contributed by atoms with van der Waals surface area (Å²) in [5.41, 5.74) is 2.34. The first-order valence-electron chi connectivity index (χ1n) is 9.96. The Morgan fingerprint density at radius 1 is 1.03 bits per heavy atom. The number of amides is 1. The number of ether oxygens (including phenoxy) is 1. The van der Waals surface area contributed by atoms with Crippen molar-refractivity contribution in [2.24, 2.45) is 5.92 Å². The van der Waals surface area contributed by atoms with Crippen LogP contribution in [0.2, 0.25) is 0 Å². The summed E-state index contributed by atoms with van der Waals surface area (Å²) in [4.78, 5) is 28.8. The number of hydrogen-bond donors (Lipinski definition) is 1. The summed E-state index contributed by atoms with van der Waals surface area (Å²) in [6, 6.07) is 21.2. The van der Waals surface area contributed by atoms with E-state index in [0.717, 1.165) is 21.9 Å². The molecule has 0 bridgehead atoms. The molecule has 0 aliphatic heterocycles. The Morgan fingerprint density at radius 2 is 1.81 bits per heavy atom. The van der Waals surface area contributed by atoms with Crippen LogP contribution in [0, 0.1) is 5.92 Å². The molecule has 0 aliphatic carbocycles. The van der Waals surface area contributed by atoms with Gasteiger partial charge in [-0.3, -0.25) is 9.59 Å². The molecular weight excluding hydrogens is 392 g/mol. The van der Waals surface area contributed by atoms with E-state index in [1.165, 1.54) is 13.5 Å². The molecule has 31 heavy (non-hydrogen) atoms. The first kappa shape index (κ1) is 20.3.